The number of likely N-dealkylation sites (N-methyl/N-ethyl adjacent to an activating group) is 1. The van der Waals surface area contributed by atoms with E-state index in [1.54, 1.807) is 48.5 Å². The molecule has 2 aromatic rings. The van der Waals surface area contributed by atoms with E-state index in [9.17, 15) is 9.59 Å². The highest BCUT2D eigenvalue weighted by Gasteiger charge is 2.07. The molecule has 0 aliphatic carbocycles. The van der Waals surface area contributed by atoms with Crippen LogP contribution < -0.4 is 10.6 Å². The van der Waals surface area contributed by atoms with Crippen LogP contribution in [0.4, 0.5) is 22.7 Å². The summed E-state index contributed by atoms with van der Waals surface area (Å²) in [6, 6.07) is 14.3. The normalized spacial score (nSPS) is 11.0. The van der Waals surface area contributed by atoms with E-state index in [1.807, 2.05) is 13.8 Å². The van der Waals surface area contributed by atoms with Crippen molar-refractivity contribution >= 4 is 34.6 Å². The number of hydrogen-bond donors (Lipinski definition) is 2. The Hall–Kier alpha value is -3.06. The second-order valence-electron chi connectivity index (χ2n) is 5.98. The first-order valence-electron chi connectivity index (χ1n) is 8.91. The third-order valence-corrected chi connectivity index (χ3v) is 3.88. The summed E-state index contributed by atoms with van der Waals surface area (Å²) in [7, 11) is 0. The number of azo groups is 1. The molecule has 0 spiro atoms. The van der Waals surface area contributed by atoms with Gasteiger partial charge in [0.05, 0.1) is 17.9 Å². The van der Waals surface area contributed by atoms with Crippen molar-refractivity contribution in [2.75, 3.05) is 30.3 Å². The molecule has 7 heteroatoms. The second-order valence-corrected chi connectivity index (χ2v) is 5.98. The highest BCUT2D eigenvalue weighted by molar-refractivity contribution is 5.92. The van der Waals surface area contributed by atoms with E-state index in [-0.39, 0.29) is 11.8 Å². The molecule has 0 saturated carbocycles. The minimum Gasteiger partial charge on any atom is -0.326 e. The maximum atomic E-state index is 12.0. The average Bonchev–Trinajstić information content (AvgIpc) is 2.66. The third-order valence-electron chi connectivity index (χ3n) is 3.88. The van der Waals surface area contributed by atoms with Crippen LogP contribution in [-0.4, -0.2) is 36.3 Å². The molecule has 142 valence electrons. The molecule has 0 aromatic heterocycles. The average molecular weight is 367 g/mol. The van der Waals surface area contributed by atoms with Crippen molar-refractivity contribution in [1.29, 1.82) is 0 Å². The number of amides is 2. The number of anilines is 2. The van der Waals surface area contributed by atoms with Gasteiger partial charge in [0.25, 0.3) is 0 Å². The summed E-state index contributed by atoms with van der Waals surface area (Å²) in [5.74, 6) is -0.152. The van der Waals surface area contributed by atoms with Crippen molar-refractivity contribution in [2.24, 2.45) is 10.2 Å². The van der Waals surface area contributed by atoms with Gasteiger partial charge in [-0.25, -0.2) is 0 Å². The lowest BCUT2D eigenvalue weighted by Gasteiger charge is -2.17. The number of rotatable bonds is 8. The standard InChI is InChI=1S/C20H25N5O2/c1-4-25(5-2)14-20(27)22-17-8-12-19(13-9-17)24-23-18-10-6-16(7-11-18)21-15(3)26/h6-13H,4-5,14H2,1-3H3,(H,21,26)(H,22,27)/b24-23+. The van der Waals surface area contributed by atoms with Crippen molar-refractivity contribution in [3.8, 4) is 0 Å². The summed E-state index contributed by atoms with van der Waals surface area (Å²) in [5.41, 5.74) is 2.81. The van der Waals surface area contributed by atoms with Crippen molar-refractivity contribution in [1.82, 2.24) is 4.90 Å². The zero-order valence-electron chi connectivity index (χ0n) is 15.9. The van der Waals surface area contributed by atoms with E-state index < -0.39 is 0 Å². The first kappa shape index (κ1) is 20.3. The van der Waals surface area contributed by atoms with Crippen LogP contribution in [0.3, 0.4) is 0 Å². The predicted molar refractivity (Wildman–Crippen MR) is 108 cm³/mol. The minimum absolute atomic E-state index is 0.0349. The molecule has 0 aliphatic rings. The quantitative estimate of drug-likeness (QED) is 0.681. The number of benzene rings is 2. The Morgan fingerprint density at radius 1 is 0.815 bits per heavy atom. The van der Waals surface area contributed by atoms with Crippen LogP contribution in [0.15, 0.2) is 58.8 Å². The van der Waals surface area contributed by atoms with Crippen LogP contribution in [0.1, 0.15) is 20.8 Å². The topological polar surface area (TPSA) is 86.2 Å². The number of nitrogens with one attached hydrogen (secondary N) is 2. The molecule has 2 amide bonds. The summed E-state index contributed by atoms with van der Waals surface area (Å²) in [6.07, 6.45) is 0. The Morgan fingerprint density at radius 3 is 1.67 bits per heavy atom. The second kappa shape index (κ2) is 10.2. The first-order valence-corrected chi connectivity index (χ1v) is 8.91. The Balaban J connectivity index is 1.92. The maximum absolute atomic E-state index is 12.0. The predicted octanol–water partition coefficient (Wildman–Crippen LogP) is 4.34. The van der Waals surface area contributed by atoms with Crippen LogP contribution in [-0.2, 0) is 9.59 Å². The molecule has 27 heavy (non-hydrogen) atoms. The van der Waals surface area contributed by atoms with Crippen molar-refractivity contribution in [2.45, 2.75) is 20.8 Å². The summed E-state index contributed by atoms with van der Waals surface area (Å²) in [6.45, 7) is 7.59. The van der Waals surface area contributed by atoms with Gasteiger partial charge in [-0.05, 0) is 61.6 Å². The van der Waals surface area contributed by atoms with Crippen LogP contribution in [0.2, 0.25) is 0 Å². The smallest absolute Gasteiger partial charge is 0.238 e. The number of hydrogen-bond acceptors (Lipinski definition) is 5. The first-order chi connectivity index (χ1) is 13.0. The van der Waals surface area contributed by atoms with Crippen molar-refractivity contribution < 1.29 is 9.59 Å². The summed E-state index contributed by atoms with van der Waals surface area (Å²) < 4.78 is 0. The Bertz CT molecular complexity index is 781. The van der Waals surface area contributed by atoms with Gasteiger partial charge in [-0.15, -0.1) is 0 Å². The molecule has 7 nitrogen and oxygen atoms in total. The highest BCUT2D eigenvalue weighted by atomic mass is 16.2. The summed E-state index contributed by atoms with van der Waals surface area (Å²) in [5, 5.41) is 13.9. The molecule has 0 radical (unpaired) electrons. The molecular weight excluding hydrogens is 342 g/mol. The van der Waals surface area contributed by atoms with E-state index >= 15 is 0 Å². The molecule has 0 heterocycles. The van der Waals surface area contributed by atoms with Gasteiger partial charge in [0.1, 0.15) is 0 Å². The van der Waals surface area contributed by atoms with Crippen molar-refractivity contribution in [3.63, 3.8) is 0 Å². The Kier molecular flexibility index (Phi) is 7.63. The molecule has 2 aromatic carbocycles. The van der Waals surface area contributed by atoms with Gasteiger partial charge in [0, 0.05) is 18.3 Å². The number of carbonyl (C=O) groups excluding carboxylic acids is 2. The zero-order chi connectivity index (χ0) is 19.6. The molecule has 0 bridgehead atoms. The molecule has 0 aliphatic heterocycles. The molecule has 0 atom stereocenters. The van der Waals surface area contributed by atoms with Gasteiger partial charge >= 0.3 is 0 Å². The lowest BCUT2D eigenvalue weighted by molar-refractivity contribution is -0.117. The van der Waals surface area contributed by atoms with E-state index in [4.69, 9.17) is 0 Å². The van der Waals surface area contributed by atoms with Gasteiger partial charge in [-0.2, -0.15) is 10.2 Å². The van der Waals surface area contributed by atoms with Crippen LogP contribution in [0.5, 0.6) is 0 Å². The van der Waals surface area contributed by atoms with Crippen molar-refractivity contribution in [3.05, 3.63) is 48.5 Å². The van der Waals surface area contributed by atoms with Crippen LogP contribution in [0, 0.1) is 0 Å². The van der Waals surface area contributed by atoms with E-state index in [1.165, 1.54) is 6.92 Å². The Labute approximate surface area is 159 Å². The lowest BCUT2D eigenvalue weighted by Crippen LogP contribution is -2.32. The zero-order valence-corrected chi connectivity index (χ0v) is 15.9. The summed E-state index contributed by atoms with van der Waals surface area (Å²) >= 11 is 0. The largest absolute Gasteiger partial charge is 0.326 e. The molecule has 2 rings (SSSR count). The number of carbonyl (C=O) groups is 2. The lowest BCUT2D eigenvalue weighted by atomic mass is 10.3. The molecule has 0 saturated heterocycles. The third kappa shape index (κ3) is 6.99. The fourth-order valence-corrected chi connectivity index (χ4v) is 2.39. The van der Waals surface area contributed by atoms with Gasteiger partial charge < -0.3 is 10.6 Å². The fraction of sp³-hybridized carbons (Fsp3) is 0.300. The summed E-state index contributed by atoms with van der Waals surface area (Å²) in [4.78, 5) is 25.1. The highest BCUT2D eigenvalue weighted by Crippen LogP contribution is 2.21. The Morgan fingerprint density at radius 2 is 1.26 bits per heavy atom. The molecule has 2 N–H and O–H groups in total. The van der Waals surface area contributed by atoms with Gasteiger partial charge in [-0.3, -0.25) is 14.5 Å². The fourth-order valence-electron chi connectivity index (χ4n) is 2.39. The van der Waals surface area contributed by atoms with Gasteiger partial charge in [0.15, 0.2) is 0 Å². The van der Waals surface area contributed by atoms with E-state index in [2.05, 4.69) is 25.8 Å². The van der Waals surface area contributed by atoms with E-state index in [0.717, 1.165) is 18.8 Å². The SMILES string of the molecule is CCN(CC)CC(=O)Nc1ccc(/N=N/c2ccc(NC(C)=O)cc2)cc1. The van der Waals surface area contributed by atoms with Crippen LogP contribution in [0.25, 0.3) is 0 Å². The van der Waals surface area contributed by atoms with Gasteiger partial charge in [0.2, 0.25) is 11.8 Å². The van der Waals surface area contributed by atoms with E-state index in [0.29, 0.717) is 23.6 Å². The molecule has 0 fully saturated rings. The number of nitrogens with zero attached hydrogens (tertiary/aromatic N) is 3. The van der Waals surface area contributed by atoms with Crippen LogP contribution >= 0.6 is 0 Å². The van der Waals surface area contributed by atoms with Gasteiger partial charge in [-0.1, -0.05) is 13.8 Å². The molecular formula is C20H25N5O2. The maximum Gasteiger partial charge on any atom is 0.238 e. The minimum atomic E-state index is -0.117. The monoisotopic (exact) mass is 367 g/mol. The molecule has 0 unspecified atom stereocenters.